The minimum absolute atomic E-state index is 0.536. The first-order valence-corrected chi connectivity index (χ1v) is 16.2. The lowest BCUT2D eigenvalue weighted by Crippen LogP contribution is -2.15. The van der Waals surface area contributed by atoms with Crippen molar-refractivity contribution in [1.29, 1.82) is 0 Å². The summed E-state index contributed by atoms with van der Waals surface area (Å²) in [5.74, 6) is 0. The summed E-state index contributed by atoms with van der Waals surface area (Å²) in [6, 6.07) is 0. The highest BCUT2D eigenvalue weighted by molar-refractivity contribution is 4.63. The van der Waals surface area contributed by atoms with E-state index in [2.05, 4.69) is 13.5 Å². The van der Waals surface area contributed by atoms with E-state index in [9.17, 15) is 0 Å². The molecule has 0 heterocycles. The first-order chi connectivity index (χ1) is 20.4. The lowest BCUT2D eigenvalue weighted by atomic mass is 10.1. The molecular formula is C32H64O9. The second-order valence-corrected chi connectivity index (χ2v) is 9.80. The van der Waals surface area contributed by atoms with Crippen molar-refractivity contribution in [2.75, 3.05) is 119 Å². The number of hydrogen-bond donors (Lipinski definition) is 0. The fourth-order valence-corrected chi connectivity index (χ4v) is 3.79. The molecule has 0 radical (unpaired) electrons. The summed E-state index contributed by atoms with van der Waals surface area (Å²) >= 11 is 0. The van der Waals surface area contributed by atoms with Gasteiger partial charge in [0.25, 0.3) is 0 Å². The van der Waals surface area contributed by atoms with Gasteiger partial charge in [-0.05, 0) is 6.42 Å². The zero-order valence-electron chi connectivity index (χ0n) is 26.5. The molecule has 0 aliphatic carbocycles. The van der Waals surface area contributed by atoms with Crippen LogP contribution in [0.15, 0.2) is 12.7 Å². The van der Waals surface area contributed by atoms with Crippen molar-refractivity contribution in [2.45, 2.75) is 77.6 Å². The first-order valence-electron chi connectivity index (χ1n) is 16.2. The molecule has 0 amide bonds. The third kappa shape index (κ3) is 39.4. The van der Waals surface area contributed by atoms with E-state index in [1.807, 2.05) is 0 Å². The molecule has 0 unspecified atom stereocenters. The minimum Gasteiger partial charge on any atom is -0.379 e. The molecule has 0 saturated heterocycles. The van der Waals surface area contributed by atoms with Crippen LogP contribution in [0.25, 0.3) is 0 Å². The van der Waals surface area contributed by atoms with Crippen LogP contribution in [-0.4, -0.2) is 119 Å². The van der Waals surface area contributed by atoms with Gasteiger partial charge in [0.15, 0.2) is 0 Å². The Labute approximate surface area is 251 Å². The van der Waals surface area contributed by atoms with Crippen molar-refractivity contribution < 1.29 is 42.6 Å². The molecule has 0 aromatic heterocycles. The fraction of sp³-hybridized carbons (Fsp3) is 0.938. The zero-order valence-corrected chi connectivity index (χ0v) is 26.5. The Kier molecular flexibility index (Phi) is 38.8. The minimum atomic E-state index is 0.536. The normalized spacial score (nSPS) is 11.4. The van der Waals surface area contributed by atoms with Crippen LogP contribution in [0.3, 0.4) is 0 Å². The average molecular weight is 593 g/mol. The highest BCUT2D eigenvalue weighted by Crippen LogP contribution is 2.11. The molecule has 0 aromatic rings. The number of rotatable bonds is 38. The summed E-state index contributed by atoms with van der Waals surface area (Å²) in [4.78, 5) is 0. The quantitative estimate of drug-likeness (QED) is 0.0669. The maximum atomic E-state index is 5.65. The Hall–Kier alpha value is -0.620. The molecule has 0 aliphatic rings. The largest absolute Gasteiger partial charge is 0.379 e. The van der Waals surface area contributed by atoms with Crippen LogP contribution in [0.5, 0.6) is 0 Å². The van der Waals surface area contributed by atoms with Crippen LogP contribution in [0, 0.1) is 0 Å². The molecule has 41 heavy (non-hydrogen) atoms. The lowest BCUT2D eigenvalue weighted by Gasteiger charge is -2.09. The Balaban J connectivity index is 3.02. The second kappa shape index (κ2) is 39.4. The molecular weight excluding hydrogens is 528 g/mol. The second-order valence-electron chi connectivity index (χ2n) is 9.80. The first kappa shape index (κ1) is 40.4. The maximum Gasteiger partial charge on any atom is 0.0704 e. The molecule has 0 atom stereocenters. The van der Waals surface area contributed by atoms with Crippen molar-refractivity contribution in [1.82, 2.24) is 0 Å². The molecule has 0 N–H and O–H groups in total. The predicted molar refractivity (Wildman–Crippen MR) is 164 cm³/mol. The van der Waals surface area contributed by atoms with Crippen LogP contribution < -0.4 is 0 Å². The van der Waals surface area contributed by atoms with Gasteiger partial charge in [-0.3, -0.25) is 0 Å². The highest BCUT2D eigenvalue weighted by Gasteiger charge is 1.96. The lowest BCUT2D eigenvalue weighted by molar-refractivity contribution is -0.0246. The van der Waals surface area contributed by atoms with Gasteiger partial charge in [0.05, 0.1) is 112 Å². The Morgan fingerprint density at radius 3 is 0.854 bits per heavy atom. The Morgan fingerprint density at radius 2 is 0.561 bits per heavy atom. The average Bonchev–Trinajstić information content (AvgIpc) is 2.98. The summed E-state index contributed by atoms with van der Waals surface area (Å²) < 4.78 is 49.2. The van der Waals surface area contributed by atoms with E-state index in [0.29, 0.717) is 112 Å². The molecule has 9 heteroatoms. The van der Waals surface area contributed by atoms with Crippen molar-refractivity contribution in [3.05, 3.63) is 12.7 Å². The number of ether oxygens (including phenoxy) is 9. The maximum absolute atomic E-state index is 5.65. The summed E-state index contributed by atoms with van der Waals surface area (Å²) in [7, 11) is 0. The standard InChI is InChI=1S/C32H64O9/c1-3-5-6-7-8-9-10-11-12-13-14-16-34-18-20-36-22-24-38-26-28-40-30-32-41-31-29-39-27-25-37-23-21-35-19-17-33-15-4-2/h4H,2-3,5-32H2,1H3. The van der Waals surface area contributed by atoms with Gasteiger partial charge in [0, 0.05) is 6.61 Å². The molecule has 246 valence electrons. The number of hydrogen-bond acceptors (Lipinski definition) is 9. The molecule has 0 aromatic carbocycles. The predicted octanol–water partition coefficient (Wildman–Crippen LogP) is 5.63. The van der Waals surface area contributed by atoms with Gasteiger partial charge < -0.3 is 42.6 Å². The van der Waals surface area contributed by atoms with Crippen molar-refractivity contribution >= 4 is 0 Å². The van der Waals surface area contributed by atoms with Gasteiger partial charge >= 0.3 is 0 Å². The van der Waals surface area contributed by atoms with Gasteiger partial charge in [-0.25, -0.2) is 0 Å². The third-order valence-corrected chi connectivity index (χ3v) is 6.10. The summed E-state index contributed by atoms with van der Waals surface area (Å²) in [6.07, 6.45) is 16.6. The van der Waals surface area contributed by atoms with Gasteiger partial charge in [-0.15, -0.1) is 6.58 Å². The number of unbranched alkanes of at least 4 members (excludes halogenated alkanes) is 10. The van der Waals surface area contributed by atoms with Gasteiger partial charge in [0.2, 0.25) is 0 Å². The Bertz CT molecular complexity index is 468. The summed E-state index contributed by atoms with van der Waals surface area (Å²) in [5, 5.41) is 0. The van der Waals surface area contributed by atoms with Crippen molar-refractivity contribution in [2.24, 2.45) is 0 Å². The van der Waals surface area contributed by atoms with E-state index >= 15 is 0 Å². The van der Waals surface area contributed by atoms with Crippen LogP contribution in [-0.2, 0) is 42.6 Å². The van der Waals surface area contributed by atoms with Crippen LogP contribution in [0.4, 0.5) is 0 Å². The SMILES string of the molecule is C=CCOCCOCCOCCOCCOCCOCCOCCOCCOCCCCCCCCCCCCC. The molecule has 0 aliphatic heterocycles. The van der Waals surface area contributed by atoms with Gasteiger partial charge in [-0.1, -0.05) is 77.2 Å². The molecule has 0 rings (SSSR count). The molecule has 0 fully saturated rings. The van der Waals surface area contributed by atoms with Crippen molar-refractivity contribution in [3.8, 4) is 0 Å². The fourth-order valence-electron chi connectivity index (χ4n) is 3.79. The highest BCUT2D eigenvalue weighted by atomic mass is 16.6. The van der Waals surface area contributed by atoms with Gasteiger partial charge in [-0.2, -0.15) is 0 Å². The Morgan fingerprint density at radius 1 is 0.317 bits per heavy atom. The van der Waals surface area contributed by atoms with E-state index in [1.165, 1.54) is 64.2 Å². The van der Waals surface area contributed by atoms with E-state index in [4.69, 9.17) is 42.6 Å². The van der Waals surface area contributed by atoms with E-state index in [1.54, 1.807) is 6.08 Å². The smallest absolute Gasteiger partial charge is 0.0704 e. The van der Waals surface area contributed by atoms with Crippen molar-refractivity contribution in [3.63, 3.8) is 0 Å². The van der Waals surface area contributed by atoms with E-state index in [-0.39, 0.29) is 0 Å². The summed E-state index contributed by atoms with van der Waals surface area (Å²) in [5.41, 5.74) is 0. The molecule has 9 nitrogen and oxygen atoms in total. The van der Waals surface area contributed by atoms with Crippen LogP contribution >= 0.6 is 0 Å². The van der Waals surface area contributed by atoms with Crippen LogP contribution in [0.2, 0.25) is 0 Å². The molecule has 0 spiro atoms. The third-order valence-electron chi connectivity index (χ3n) is 6.10. The zero-order chi connectivity index (χ0) is 29.6. The topological polar surface area (TPSA) is 83.1 Å². The van der Waals surface area contributed by atoms with E-state index < -0.39 is 0 Å². The molecule has 0 bridgehead atoms. The monoisotopic (exact) mass is 592 g/mol. The van der Waals surface area contributed by atoms with E-state index in [0.717, 1.165) is 13.0 Å². The van der Waals surface area contributed by atoms with Crippen LogP contribution in [0.1, 0.15) is 77.6 Å². The molecule has 0 saturated carbocycles. The summed E-state index contributed by atoms with van der Waals surface area (Å²) in [6.45, 7) is 16.2. The van der Waals surface area contributed by atoms with Gasteiger partial charge in [0.1, 0.15) is 0 Å².